The molecule has 0 saturated carbocycles. The topological polar surface area (TPSA) is 51.0 Å². The van der Waals surface area contributed by atoms with Crippen molar-refractivity contribution in [3.05, 3.63) is 45.9 Å². The highest BCUT2D eigenvalue weighted by atomic mass is 32.1. The van der Waals surface area contributed by atoms with Gasteiger partial charge in [0.15, 0.2) is 0 Å². The van der Waals surface area contributed by atoms with Crippen LogP contribution < -0.4 is 0 Å². The molecule has 1 amide bonds. The lowest BCUT2D eigenvalue weighted by atomic mass is 10.2. The minimum atomic E-state index is -0.0624. The first kappa shape index (κ1) is 14.9. The molecule has 22 heavy (non-hydrogen) atoms. The van der Waals surface area contributed by atoms with Crippen LogP contribution in [0.1, 0.15) is 28.5 Å². The number of aromatic nitrogens is 3. The van der Waals surface area contributed by atoms with Crippen molar-refractivity contribution in [3.8, 4) is 10.6 Å². The number of thiophene rings is 1. The van der Waals surface area contributed by atoms with Crippen molar-refractivity contribution in [2.45, 2.75) is 13.0 Å². The molecule has 0 radical (unpaired) electrons. The SMILES string of the molecule is C[C@@H](c1nccs1)N(C)C(=O)c1cc(-c2cccs2)nn1C. The van der Waals surface area contributed by atoms with Crippen molar-refractivity contribution in [2.75, 3.05) is 7.05 Å². The molecule has 0 bridgehead atoms. The average molecular weight is 332 g/mol. The van der Waals surface area contributed by atoms with Gasteiger partial charge in [-0.15, -0.1) is 22.7 Å². The number of amides is 1. The van der Waals surface area contributed by atoms with Crippen LogP contribution >= 0.6 is 22.7 Å². The van der Waals surface area contributed by atoms with Gasteiger partial charge in [-0.1, -0.05) is 6.07 Å². The summed E-state index contributed by atoms with van der Waals surface area (Å²) in [4.78, 5) is 19.8. The third-order valence-electron chi connectivity index (χ3n) is 3.58. The lowest BCUT2D eigenvalue weighted by molar-refractivity contribution is 0.0731. The van der Waals surface area contributed by atoms with E-state index in [1.165, 1.54) is 0 Å². The smallest absolute Gasteiger partial charge is 0.272 e. The second-order valence-corrected chi connectivity index (χ2v) is 6.85. The third-order valence-corrected chi connectivity index (χ3v) is 5.42. The van der Waals surface area contributed by atoms with E-state index in [1.54, 1.807) is 52.5 Å². The highest BCUT2D eigenvalue weighted by Gasteiger charge is 2.24. The minimum absolute atomic E-state index is 0.0551. The van der Waals surface area contributed by atoms with Gasteiger partial charge in [0.05, 0.1) is 10.9 Å². The molecule has 0 aromatic carbocycles. The Morgan fingerprint density at radius 1 is 1.36 bits per heavy atom. The Kier molecular flexibility index (Phi) is 4.08. The van der Waals surface area contributed by atoms with E-state index in [9.17, 15) is 4.79 Å². The van der Waals surface area contributed by atoms with Gasteiger partial charge in [-0.05, 0) is 24.4 Å². The Morgan fingerprint density at radius 3 is 2.82 bits per heavy atom. The number of hydrogen-bond acceptors (Lipinski definition) is 5. The lowest BCUT2D eigenvalue weighted by Crippen LogP contribution is -2.31. The molecule has 0 spiro atoms. The van der Waals surface area contributed by atoms with Gasteiger partial charge in [0.2, 0.25) is 0 Å². The fourth-order valence-corrected chi connectivity index (χ4v) is 3.59. The van der Waals surface area contributed by atoms with Gasteiger partial charge in [-0.25, -0.2) is 4.98 Å². The van der Waals surface area contributed by atoms with E-state index in [2.05, 4.69) is 10.1 Å². The van der Waals surface area contributed by atoms with Crippen molar-refractivity contribution < 1.29 is 4.79 Å². The third kappa shape index (κ3) is 2.69. The Bertz CT molecular complexity index is 762. The van der Waals surface area contributed by atoms with Crippen LogP contribution in [0.2, 0.25) is 0 Å². The van der Waals surface area contributed by atoms with E-state index in [0.29, 0.717) is 5.69 Å². The molecular formula is C15H16N4OS2. The quantitative estimate of drug-likeness (QED) is 0.735. The number of nitrogens with zero attached hydrogens (tertiary/aromatic N) is 4. The molecule has 0 aliphatic carbocycles. The Labute approximate surface area is 136 Å². The minimum Gasteiger partial charge on any atom is -0.331 e. The zero-order chi connectivity index (χ0) is 15.7. The summed E-state index contributed by atoms with van der Waals surface area (Å²) in [5.41, 5.74) is 1.41. The standard InChI is InChI=1S/C15H16N4OS2/c1-10(14-16-6-8-22-14)18(2)15(20)12-9-11(17-19(12)3)13-5-4-7-21-13/h4-10H,1-3H3/t10-/m0/s1. The van der Waals surface area contributed by atoms with Crippen molar-refractivity contribution in [1.29, 1.82) is 0 Å². The predicted octanol–water partition coefficient (Wildman–Crippen LogP) is 3.44. The summed E-state index contributed by atoms with van der Waals surface area (Å²) in [5, 5.41) is 9.29. The van der Waals surface area contributed by atoms with Crippen molar-refractivity contribution in [1.82, 2.24) is 19.7 Å². The van der Waals surface area contributed by atoms with Crippen molar-refractivity contribution in [3.63, 3.8) is 0 Å². The number of carbonyl (C=O) groups excluding carboxylic acids is 1. The molecule has 0 aliphatic rings. The molecule has 0 saturated heterocycles. The average Bonchev–Trinajstić information content (AvgIpc) is 3.25. The monoisotopic (exact) mass is 332 g/mol. The van der Waals surface area contributed by atoms with Gasteiger partial charge in [0.25, 0.3) is 5.91 Å². The van der Waals surface area contributed by atoms with Gasteiger partial charge in [-0.2, -0.15) is 5.10 Å². The molecular weight excluding hydrogens is 316 g/mol. The summed E-state index contributed by atoms with van der Waals surface area (Å²) in [7, 11) is 3.60. The van der Waals surface area contributed by atoms with Crippen molar-refractivity contribution in [2.24, 2.45) is 7.05 Å². The summed E-state index contributed by atoms with van der Waals surface area (Å²) >= 11 is 3.17. The molecule has 0 aliphatic heterocycles. The second-order valence-electron chi connectivity index (χ2n) is 4.98. The van der Waals surface area contributed by atoms with Gasteiger partial charge in [-0.3, -0.25) is 9.48 Å². The van der Waals surface area contributed by atoms with Crippen LogP contribution in [0.4, 0.5) is 0 Å². The first-order valence-corrected chi connectivity index (χ1v) is 8.58. The van der Waals surface area contributed by atoms with Crippen LogP contribution in [-0.4, -0.2) is 32.6 Å². The van der Waals surface area contributed by atoms with Gasteiger partial charge >= 0.3 is 0 Å². The van der Waals surface area contributed by atoms with Gasteiger partial charge < -0.3 is 4.90 Å². The van der Waals surface area contributed by atoms with E-state index < -0.39 is 0 Å². The molecule has 3 aromatic heterocycles. The number of thiazole rings is 1. The van der Waals surface area contributed by atoms with Crippen LogP contribution in [0, 0.1) is 0 Å². The van der Waals surface area contributed by atoms with E-state index in [-0.39, 0.29) is 11.9 Å². The van der Waals surface area contributed by atoms with E-state index in [4.69, 9.17) is 0 Å². The maximum absolute atomic E-state index is 12.7. The van der Waals surface area contributed by atoms with Crippen LogP contribution in [0.3, 0.4) is 0 Å². The molecule has 0 fully saturated rings. The molecule has 3 aromatic rings. The summed E-state index contributed by atoms with van der Waals surface area (Å²) in [6.07, 6.45) is 1.76. The zero-order valence-corrected chi connectivity index (χ0v) is 14.2. The number of rotatable bonds is 4. The largest absolute Gasteiger partial charge is 0.331 e. The summed E-state index contributed by atoms with van der Waals surface area (Å²) in [6.45, 7) is 1.98. The predicted molar refractivity (Wildman–Crippen MR) is 89.1 cm³/mol. The molecule has 3 rings (SSSR count). The normalized spacial score (nSPS) is 12.3. The second kappa shape index (κ2) is 6.02. The van der Waals surface area contributed by atoms with Crippen LogP contribution in [0.25, 0.3) is 10.6 Å². The van der Waals surface area contributed by atoms with E-state index >= 15 is 0 Å². The number of carbonyl (C=O) groups is 1. The lowest BCUT2D eigenvalue weighted by Gasteiger charge is -2.23. The first-order chi connectivity index (χ1) is 10.6. The van der Waals surface area contributed by atoms with E-state index in [1.807, 2.05) is 35.9 Å². The molecule has 1 atom stereocenters. The Hall–Kier alpha value is -1.99. The van der Waals surface area contributed by atoms with Gasteiger partial charge in [0.1, 0.15) is 16.4 Å². The number of aryl methyl sites for hydroxylation is 1. The highest BCUT2D eigenvalue weighted by Crippen LogP contribution is 2.26. The number of hydrogen-bond donors (Lipinski definition) is 0. The fourth-order valence-electron chi connectivity index (χ4n) is 2.18. The Morgan fingerprint density at radius 2 is 2.18 bits per heavy atom. The molecule has 3 heterocycles. The highest BCUT2D eigenvalue weighted by molar-refractivity contribution is 7.13. The summed E-state index contributed by atoms with van der Waals surface area (Å²) < 4.78 is 1.64. The first-order valence-electron chi connectivity index (χ1n) is 6.82. The molecule has 114 valence electrons. The molecule has 0 unspecified atom stereocenters. The van der Waals surface area contributed by atoms with Crippen LogP contribution in [-0.2, 0) is 7.05 Å². The molecule has 5 nitrogen and oxygen atoms in total. The van der Waals surface area contributed by atoms with Crippen LogP contribution in [0.5, 0.6) is 0 Å². The zero-order valence-electron chi connectivity index (χ0n) is 12.6. The maximum Gasteiger partial charge on any atom is 0.272 e. The Balaban J connectivity index is 1.86. The maximum atomic E-state index is 12.7. The van der Waals surface area contributed by atoms with Crippen LogP contribution in [0.15, 0.2) is 35.2 Å². The summed E-state index contributed by atoms with van der Waals surface area (Å²) in [6, 6.07) is 5.77. The van der Waals surface area contributed by atoms with Crippen molar-refractivity contribution >= 4 is 28.6 Å². The van der Waals surface area contributed by atoms with Gasteiger partial charge in [0, 0.05) is 25.7 Å². The fraction of sp³-hybridized carbons (Fsp3) is 0.267. The van der Waals surface area contributed by atoms with E-state index in [0.717, 1.165) is 15.6 Å². The molecule has 7 heteroatoms. The molecule has 0 N–H and O–H groups in total. The summed E-state index contributed by atoms with van der Waals surface area (Å²) in [5.74, 6) is -0.0551.